The average Bonchev–Trinajstić information content (AvgIpc) is 2.87. The highest BCUT2D eigenvalue weighted by Gasteiger charge is 2.40. The zero-order chi connectivity index (χ0) is 31.3. The fourth-order valence-corrected chi connectivity index (χ4v) is 4.40. The predicted octanol–water partition coefficient (Wildman–Crippen LogP) is 5.70. The molecule has 0 aromatic heterocycles. The summed E-state index contributed by atoms with van der Waals surface area (Å²) in [7, 11) is 0. The van der Waals surface area contributed by atoms with Crippen LogP contribution < -0.4 is 10.6 Å². The molecule has 0 spiro atoms. The third kappa shape index (κ3) is 12.5. The number of benzene rings is 1. The maximum atomic E-state index is 14.5. The molecule has 3 amide bonds. The Balaban J connectivity index is 3.57. The Morgan fingerprint density at radius 3 is 2.07 bits per heavy atom. The van der Waals surface area contributed by atoms with Crippen LogP contribution in [-0.2, 0) is 23.9 Å². The lowest BCUT2D eigenvalue weighted by Gasteiger charge is -2.40. The summed E-state index contributed by atoms with van der Waals surface area (Å²) in [6, 6.07) is 5.30. The van der Waals surface area contributed by atoms with Crippen molar-refractivity contribution in [1.29, 1.82) is 0 Å². The molecule has 0 saturated carbocycles. The van der Waals surface area contributed by atoms with Gasteiger partial charge >= 0.3 is 12.1 Å². The monoisotopic (exact) mass is 575 g/mol. The van der Waals surface area contributed by atoms with Crippen LogP contribution in [-0.4, -0.2) is 59.6 Å². The van der Waals surface area contributed by atoms with E-state index in [0.29, 0.717) is 24.3 Å². The molecule has 9 nitrogen and oxygen atoms in total. The highest BCUT2D eigenvalue weighted by Crippen LogP contribution is 2.29. The first kappa shape index (κ1) is 35.9. The fourth-order valence-electron chi connectivity index (χ4n) is 4.40. The van der Waals surface area contributed by atoms with Gasteiger partial charge in [-0.1, -0.05) is 63.9 Å². The van der Waals surface area contributed by atoms with Crippen molar-refractivity contribution >= 4 is 23.9 Å². The van der Waals surface area contributed by atoms with Crippen LogP contribution in [0.5, 0.6) is 0 Å². The Morgan fingerprint density at radius 2 is 1.56 bits per heavy atom. The van der Waals surface area contributed by atoms with Crippen molar-refractivity contribution in [2.24, 2.45) is 11.8 Å². The molecule has 0 radical (unpaired) electrons. The minimum absolute atomic E-state index is 0.0206. The van der Waals surface area contributed by atoms with E-state index < -0.39 is 35.7 Å². The maximum absolute atomic E-state index is 14.5. The molecule has 9 heteroatoms. The second-order valence-corrected chi connectivity index (χ2v) is 12.2. The molecule has 1 aromatic rings. The van der Waals surface area contributed by atoms with E-state index in [2.05, 4.69) is 24.5 Å². The molecule has 4 atom stereocenters. The third-order valence-corrected chi connectivity index (χ3v) is 6.90. The van der Waals surface area contributed by atoms with Crippen molar-refractivity contribution in [1.82, 2.24) is 15.5 Å². The minimum Gasteiger partial charge on any atom is -0.466 e. The van der Waals surface area contributed by atoms with Crippen LogP contribution in [0, 0.1) is 18.8 Å². The summed E-state index contributed by atoms with van der Waals surface area (Å²) in [6.07, 6.45) is 1.48. The Bertz CT molecular complexity index is 986. The van der Waals surface area contributed by atoms with Crippen molar-refractivity contribution in [2.45, 2.75) is 119 Å². The van der Waals surface area contributed by atoms with Crippen molar-refractivity contribution in [3.05, 3.63) is 35.4 Å². The summed E-state index contributed by atoms with van der Waals surface area (Å²) in [5.41, 5.74) is 0.930. The Morgan fingerprint density at radius 1 is 0.951 bits per heavy atom. The number of nitrogens with zero attached hydrogens (tertiary/aromatic N) is 1. The first-order valence-electron chi connectivity index (χ1n) is 14.9. The number of nitrogens with one attached hydrogen (secondary N) is 2. The zero-order valence-corrected chi connectivity index (χ0v) is 26.8. The van der Waals surface area contributed by atoms with Gasteiger partial charge in [0.05, 0.1) is 13.0 Å². The largest absolute Gasteiger partial charge is 0.466 e. The molecule has 232 valence electrons. The van der Waals surface area contributed by atoms with Gasteiger partial charge in [-0.2, -0.15) is 0 Å². The molecular formula is C32H53N3O6. The van der Waals surface area contributed by atoms with Gasteiger partial charge in [0.1, 0.15) is 17.7 Å². The number of aryl methyl sites for hydroxylation is 1. The summed E-state index contributed by atoms with van der Waals surface area (Å²) in [4.78, 5) is 54.7. The van der Waals surface area contributed by atoms with Gasteiger partial charge in [0.25, 0.3) is 0 Å². The van der Waals surface area contributed by atoms with Gasteiger partial charge in [-0.25, -0.2) is 4.79 Å². The smallest absolute Gasteiger partial charge is 0.408 e. The highest BCUT2D eigenvalue weighted by molar-refractivity contribution is 5.92. The molecule has 4 unspecified atom stereocenters. The Labute approximate surface area is 247 Å². The van der Waals surface area contributed by atoms with Crippen molar-refractivity contribution < 1.29 is 28.7 Å². The minimum atomic E-state index is -0.973. The third-order valence-electron chi connectivity index (χ3n) is 6.90. The number of hydrogen-bond donors (Lipinski definition) is 2. The van der Waals surface area contributed by atoms with E-state index in [-0.39, 0.29) is 37.4 Å². The molecule has 0 aliphatic carbocycles. The number of amides is 3. The van der Waals surface area contributed by atoms with Crippen molar-refractivity contribution in [2.75, 3.05) is 13.2 Å². The summed E-state index contributed by atoms with van der Waals surface area (Å²) >= 11 is 0. The van der Waals surface area contributed by atoms with E-state index in [1.54, 1.807) is 32.6 Å². The number of carbonyl (C=O) groups excluding carboxylic acids is 4. The molecule has 0 saturated heterocycles. The molecule has 2 N–H and O–H groups in total. The number of rotatable bonds is 15. The standard InChI is InChI=1S/C32H53N3O6/c1-11-23(6)27(34-31(39)41-32(8,9)10)30(38)35(24(7)16-13-21(3)4)28(25-17-14-22(5)15-18-25)29(37)33-20-19-26(36)40-12-2/h14-15,17-18,21,23-24,27-28H,11-13,16,19-20H2,1-10H3,(H,33,37)(H,34,39). The van der Waals surface area contributed by atoms with Gasteiger partial charge in [-0.3, -0.25) is 14.4 Å². The van der Waals surface area contributed by atoms with E-state index in [1.807, 2.05) is 52.0 Å². The van der Waals surface area contributed by atoms with E-state index in [0.717, 1.165) is 12.0 Å². The summed E-state index contributed by atoms with van der Waals surface area (Å²) < 4.78 is 10.5. The lowest BCUT2D eigenvalue weighted by molar-refractivity contribution is -0.147. The topological polar surface area (TPSA) is 114 Å². The first-order chi connectivity index (χ1) is 19.1. The van der Waals surface area contributed by atoms with E-state index >= 15 is 0 Å². The number of hydrogen-bond acceptors (Lipinski definition) is 6. The Hall–Kier alpha value is -3.10. The number of ether oxygens (including phenoxy) is 2. The molecule has 1 aromatic carbocycles. The summed E-state index contributed by atoms with van der Waals surface area (Å²) in [5, 5.41) is 5.65. The molecule has 1 rings (SSSR count). The second kappa shape index (κ2) is 17.0. The van der Waals surface area contributed by atoms with Crippen LogP contribution in [0.15, 0.2) is 24.3 Å². The van der Waals surface area contributed by atoms with Gasteiger partial charge in [0.15, 0.2) is 0 Å². The lowest BCUT2D eigenvalue weighted by Crippen LogP contribution is -2.57. The Kier molecular flexibility index (Phi) is 14.9. The first-order valence-corrected chi connectivity index (χ1v) is 14.9. The van der Waals surface area contributed by atoms with Crippen LogP contribution in [0.1, 0.15) is 105 Å². The van der Waals surface area contributed by atoms with Crippen LogP contribution >= 0.6 is 0 Å². The van der Waals surface area contributed by atoms with Gasteiger partial charge in [-0.15, -0.1) is 0 Å². The van der Waals surface area contributed by atoms with Crippen LogP contribution in [0.25, 0.3) is 0 Å². The second-order valence-electron chi connectivity index (χ2n) is 12.2. The quantitative estimate of drug-likeness (QED) is 0.260. The van der Waals surface area contributed by atoms with E-state index in [9.17, 15) is 19.2 Å². The van der Waals surface area contributed by atoms with Crippen LogP contribution in [0.4, 0.5) is 4.79 Å². The highest BCUT2D eigenvalue weighted by atomic mass is 16.6. The van der Waals surface area contributed by atoms with Gasteiger partial charge in [-0.05, 0) is 71.8 Å². The van der Waals surface area contributed by atoms with Gasteiger partial charge < -0.3 is 25.0 Å². The molecule has 0 aliphatic heterocycles. The van der Waals surface area contributed by atoms with Crippen LogP contribution in [0.2, 0.25) is 0 Å². The molecule has 0 aliphatic rings. The maximum Gasteiger partial charge on any atom is 0.408 e. The normalized spacial score (nSPS) is 14.4. The summed E-state index contributed by atoms with van der Waals surface area (Å²) in [5.74, 6) is -0.983. The summed E-state index contributed by atoms with van der Waals surface area (Å²) in [6.45, 7) is 19.3. The number of esters is 1. The lowest BCUT2D eigenvalue weighted by atomic mass is 9.93. The molecular weight excluding hydrogens is 522 g/mol. The zero-order valence-electron chi connectivity index (χ0n) is 26.8. The molecule has 0 fully saturated rings. The fraction of sp³-hybridized carbons (Fsp3) is 0.688. The molecule has 0 heterocycles. The van der Waals surface area contributed by atoms with Crippen molar-refractivity contribution in [3.8, 4) is 0 Å². The number of alkyl carbamates (subject to hydrolysis) is 1. The van der Waals surface area contributed by atoms with E-state index in [4.69, 9.17) is 9.47 Å². The van der Waals surface area contributed by atoms with Gasteiger partial charge in [0.2, 0.25) is 11.8 Å². The SMILES string of the molecule is CCOC(=O)CCNC(=O)C(c1ccc(C)cc1)N(C(=O)C(NC(=O)OC(C)(C)C)C(C)CC)C(C)CCC(C)C. The van der Waals surface area contributed by atoms with E-state index in [1.165, 1.54) is 0 Å². The van der Waals surface area contributed by atoms with Gasteiger partial charge in [0, 0.05) is 12.6 Å². The molecule has 41 heavy (non-hydrogen) atoms. The number of carbonyl (C=O) groups is 4. The molecule has 0 bridgehead atoms. The van der Waals surface area contributed by atoms with Crippen molar-refractivity contribution in [3.63, 3.8) is 0 Å². The predicted molar refractivity (Wildman–Crippen MR) is 161 cm³/mol. The van der Waals surface area contributed by atoms with Crippen LogP contribution in [0.3, 0.4) is 0 Å². The average molecular weight is 576 g/mol.